The summed E-state index contributed by atoms with van der Waals surface area (Å²) >= 11 is 1.82. The van der Waals surface area contributed by atoms with Crippen LogP contribution in [0.15, 0.2) is 48.0 Å². The number of hydrogen-bond acceptors (Lipinski definition) is 3. The normalized spacial score (nSPS) is 17.3. The number of aromatic nitrogens is 2. The molecule has 0 radical (unpaired) electrons. The lowest BCUT2D eigenvalue weighted by molar-refractivity contribution is 0.571. The molecule has 1 aromatic heterocycles. The Labute approximate surface area is 130 Å². The van der Waals surface area contributed by atoms with Crippen LogP contribution in [0.3, 0.4) is 0 Å². The minimum Gasteiger partial charge on any atom is -0.377 e. The van der Waals surface area contributed by atoms with E-state index in [4.69, 9.17) is 0 Å². The van der Waals surface area contributed by atoms with Crippen LogP contribution in [0.2, 0.25) is 0 Å². The topological polar surface area (TPSA) is 29.9 Å². The first kappa shape index (κ1) is 14.3. The van der Waals surface area contributed by atoms with Crippen molar-refractivity contribution in [3.8, 4) is 0 Å². The van der Waals surface area contributed by atoms with Gasteiger partial charge in [0.1, 0.15) is 0 Å². The minimum absolute atomic E-state index is 0.368. The van der Waals surface area contributed by atoms with Crippen molar-refractivity contribution < 1.29 is 0 Å². The highest BCUT2D eigenvalue weighted by Gasteiger charge is 2.23. The molecule has 0 amide bonds. The molecule has 110 valence electrons. The Morgan fingerprint density at radius 2 is 2.33 bits per heavy atom. The first-order valence-electron chi connectivity index (χ1n) is 7.39. The van der Waals surface area contributed by atoms with E-state index in [1.165, 1.54) is 34.7 Å². The SMILES string of the molecule is C=CCSc1ccccc1NC1CCCc2c1cnn2C. The van der Waals surface area contributed by atoms with E-state index in [-0.39, 0.29) is 0 Å². The fourth-order valence-corrected chi connectivity index (χ4v) is 3.66. The van der Waals surface area contributed by atoms with E-state index in [9.17, 15) is 0 Å². The van der Waals surface area contributed by atoms with Gasteiger partial charge < -0.3 is 5.32 Å². The Bertz CT molecular complexity index is 633. The van der Waals surface area contributed by atoms with Crippen LogP contribution in [-0.2, 0) is 13.5 Å². The van der Waals surface area contributed by atoms with Crippen molar-refractivity contribution in [2.24, 2.45) is 7.05 Å². The molecule has 0 saturated heterocycles. The maximum atomic E-state index is 4.42. The van der Waals surface area contributed by atoms with Gasteiger partial charge in [-0.15, -0.1) is 18.3 Å². The second-order valence-electron chi connectivity index (χ2n) is 5.36. The zero-order chi connectivity index (χ0) is 14.7. The molecule has 1 unspecified atom stereocenters. The molecule has 3 nitrogen and oxygen atoms in total. The quantitative estimate of drug-likeness (QED) is 0.663. The number of anilines is 1. The van der Waals surface area contributed by atoms with Gasteiger partial charge in [0, 0.05) is 34.6 Å². The van der Waals surface area contributed by atoms with E-state index < -0.39 is 0 Å². The monoisotopic (exact) mass is 299 g/mol. The molecule has 1 aliphatic rings. The van der Waals surface area contributed by atoms with Gasteiger partial charge in [-0.2, -0.15) is 5.10 Å². The van der Waals surface area contributed by atoms with Gasteiger partial charge in [0.15, 0.2) is 0 Å². The molecule has 21 heavy (non-hydrogen) atoms. The highest BCUT2D eigenvalue weighted by atomic mass is 32.2. The molecule has 0 aliphatic heterocycles. The fourth-order valence-electron chi connectivity index (χ4n) is 2.90. The molecular weight excluding hydrogens is 278 g/mol. The number of para-hydroxylation sites is 1. The van der Waals surface area contributed by atoms with Crippen LogP contribution in [-0.4, -0.2) is 15.5 Å². The zero-order valence-corrected chi connectivity index (χ0v) is 13.2. The van der Waals surface area contributed by atoms with Gasteiger partial charge >= 0.3 is 0 Å². The predicted molar refractivity (Wildman–Crippen MR) is 89.9 cm³/mol. The number of benzene rings is 1. The lowest BCUT2D eigenvalue weighted by atomic mass is 9.93. The van der Waals surface area contributed by atoms with Crippen LogP contribution < -0.4 is 5.32 Å². The van der Waals surface area contributed by atoms with Crippen LogP contribution in [0.4, 0.5) is 5.69 Å². The van der Waals surface area contributed by atoms with Gasteiger partial charge in [0.2, 0.25) is 0 Å². The van der Waals surface area contributed by atoms with Crippen molar-refractivity contribution in [3.63, 3.8) is 0 Å². The summed E-state index contributed by atoms with van der Waals surface area (Å²) in [5.74, 6) is 0.932. The summed E-state index contributed by atoms with van der Waals surface area (Å²) in [5.41, 5.74) is 3.94. The number of hydrogen-bond donors (Lipinski definition) is 1. The maximum Gasteiger partial charge on any atom is 0.0548 e. The average molecular weight is 299 g/mol. The average Bonchev–Trinajstić information content (AvgIpc) is 2.89. The van der Waals surface area contributed by atoms with Crippen LogP contribution in [0.5, 0.6) is 0 Å². The summed E-state index contributed by atoms with van der Waals surface area (Å²) in [4.78, 5) is 1.29. The molecule has 2 aromatic rings. The maximum absolute atomic E-state index is 4.42. The largest absolute Gasteiger partial charge is 0.377 e. The summed E-state index contributed by atoms with van der Waals surface area (Å²) in [6.07, 6.45) is 7.48. The van der Waals surface area contributed by atoms with Crippen LogP contribution in [0.1, 0.15) is 30.1 Å². The van der Waals surface area contributed by atoms with Gasteiger partial charge in [-0.1, -0.05) is 18.2 Å². The highest BCUT2D eigenvalue weighted by Crippen LogP contribution is 2.35. The number of rotatable bonds is 5. The van der Waals surface area contributed by atoms with E-state index in [0.717, 1.165) is 12.2 Å². The predicted octanol–water partition coefficient (Wildman–Crippen LogP) is 4.19. The van der Waals surface area contributed by atoms with Gasteiger partial charge in [0.25, 0.3) is 0 Å². The van der Waals surface area contributed by atoms with Crippen molar-refractivity contribution in [1.29, 1.82) is 0 Å². The third-order valence-corrected chi connectivity index (χ3v) is 5.02. The zero-order valence-electron chi connectivity index (χ0n) is 12.4. The summed E-state index contributed by atoms with van der Waals surface area (Å²) in [6.45, 7) is 3.80. The Morgan fingerprint density at radius 1 is 1.48 bits per heavy atom. The Hall–Kier alpha value is -1.68. The lowest BCUT2D eigenvalue weighted by Crippen LogP contribution is -2.18. The molecule has 1 N–H and O–H groups in total. The van der Waals surface area contributed by atoms with Crippen molar-refractivity contribution in [3.05, 3.63) is 54.4 Å². The van der Waals surface area contributed by atoms with E-state index >= 15 is 0 Å². The molecule has 4 heteroatoms. The molecule has 1 aromatic carbocycles. The van der Waals surface area contributed by atoms with Gasteiger partial charge in [-0.05, 0) is 31.4 Å². The third-order valence-electron chi connectivity index (χ3n) is 3.95. The van der Waals surface area contributed by atoms with Crippen LogP contribution in [0.25, 0.3) is 0 Å². The Balaban J connectivity index is 1.83. The van der Waals surface area contributed by atoms with E-state index in [2.05, 4.69) is 41.3 Å². The number of aryl methyl sites for hydroxylation is 1. The molecule has 0 saturated carbocycles. The number of nitrogens with zero attached hydrogens (tertiary/aromatic N) is 2. The molecule has 0 bridgehead atoms. The second-order valence-corrected chi connectivity index (χ2v) is 6.42. The van der Waals surface area contributed by atoms with Gasteiger partial charge in [-0.3, -0.25) is 4.68 Å². The second kappa shape index (κ2) is 6.39. The number of nitrogens with one attached hydrogen (secondary N) is 1. The van der Waals surface area contributed by atoms with Gasteiger partial charge in [0.05, 0.1) is 12.2 Å². The molecule has 1 aliphatic carbocycles. The van der Waals surface area contributed by atoms with Crippen molar-refractivity contribution in [2.45, 2.75) is 30.2 Å². The first-order chi connectivity index (χ1) is 10.3. The van der Waals surface area contributed by atoms with Gasteiger partial charge in [-0.25, -0.2) is 0 Å². The summed E-state index contributed by atoms with van der Waals surface area (Å²) in [6, 6.07) is 8.88. The van der Waals surface area contributed by atoms with E-state index in [0.29, 0.717) is 6.04 Å². The van der Waals surface area contributed by atoms with E-state index in [1.54, 1.807) is 0 Å². The Morgan fingerprint density at radius 3 is 3.19 bits per heavy atom. The molecule has 0 spiro atoms. The summed E-state index contributed by atoms with van der Waals surface area (Å²) in [7, 11) is 2.04. The summed E-state index contributed by atoms with van der Waals surface area (Å²) < 4.78 is 2.02. The highest BCUT2D eigenvalue weighted by molar-refractivity contribution is 7.99. The third kappa shape index (κ3) is 3.00. The van der Waals surface area contributed by atoms with E-state index in [1.807, 2.05) is 35.8 Å². The minimum atomic E-state index is 0.368. The molecule has 1 atom stereocenters. The lowest BCUT2D eigenvalue weighted by Gasteiger charge is -2.25. The molecule has 3 rings (SSSR count). The van der Waals surface area contributed by atoms with Crippen LogP contribution in [0, 0.1) is 0 Å². The van der Waals surface area contributed by atoms with Crippen molar-refractivity contribution in [2.75, 3.05) is 11.1 Å². The summed E-state index contributed by atoms with van der Waals surface area (Å²) in [5, 5.41) is 8.14. The smallest absolute Gasteiger partial charge is 0.0548 e. The van der Waals surface area contributed by atoms with Crippen LogP contribution >= 0.6 is 11.8 Å². The molecular formula is C17H21N3S. The Kier molecular flexibility index (Phi) is 4.34. The fraction of sp³-hybridized carbons (Fsp3) is 0.353. The van der Waals surface area contributed by atoms with Crippen molar-refractivity contribution >= 4 is 17.4 Å². The number of thioether (sulfide) groups is 1. The molecule has 0 fully saturated rings. The number of fused-ring (bicyclic) bond motifs is 1. The molecule has 1 heterocycles. The van der Waals surface area contributed by atoms with Crippen molar-refractivity contribution in [1.82, 2.24) is 9.78 Å². The first-order valence-corrected chi connectivity index (χ1v) is 8.38. The standard InChI is InChI=1S/C17H21N3S/c1-3-11-21-17-10-5-4-7-15(17)19-14-8-6-9-16-13(14)12-18-20(16)2/h3-5,7,10,12,14,19H,1,6,8-9,11H2,2H3.